The fourth-order valence-electron chi connectivity index (χ4n) is 3.79. The number of pyridine rings is 1. The van der Waals surface area contributed by atoms with E-state index >= 15 is 0 Å². The minimum absolute atomic E-state index is 0.628. The summed E-state index contributed by atoms with van der Waals surface area (Å²) < 4.78 is 1.14. The molecule has 3 aromatic heterocycles. The Hall–Kier alpha value is -1.79. The summed E-state index contributed by atoms with van der Waals surface area (Å²) in [5.41, 5.74) is 9.28. The molecule has 6 heteroatoms. The van der Waals surface area contributed by atoms with Gasteiger partial charge in [0, 0.05) is 24.0 Å². The van der Waals surface area contributed by atoms with Gasteiger partial charge >= 0.3 is 0 Å². The van der Waals surface area contributed by atoms with Gasteiger partial charge in [0.25, 0.3) is 0 Å². The monoisotopic (exact) mass is 356 g/mol. The highest BCUT2D eigenvalue weighted by Crippen LogP contribution is 2.41. The van der Waals surface area contributed by atoms with Crippen molar-refractivity contribution in [1.82, 2.24) is 15.0 Å². The lowest BCUT2D eigenvalue weighted by Crippen LogP contribution is -2.50. The highest BCUT2D eigenvalue weighted by Gasteiger charge is 2.24. The van der Waals surface area contributed by atoms with Gasteiger partial charge in [0.2, 0.25) is 0 Å². The van der Waals surface area contributed by atoms with Crippen molar-refractivity contribution in [2.24, 2.45) is 5.92 Å². The number of hydrogen-bond donors (Lipinski definition) is 2. The van der Waals surface area contributed by atoms with E-state index in [4.69, 9.17) is 4.98 Å². The molecule has 4 N–H and O–H groups in total. The summed E-state index contributed by atoms with van der Waals surface area (Å²) in [6.07, 6.45) is 7.34. The first-order chi connectivity index (χ1) is 12.2. The summed E-state index contributed by atoms with van der Waals surface area (Å²) in [6, 6.07) is 0. The Kier molecular flexibility index (Phi) is 4.56. The second-order valence-electron chi connectivity index (χ2n) is 7.28. The van der Waals surface area contributed by atoms with Gasteiger partial charge in [0.05, 0.1) is 16.8 Å². The molecule has 5 nitrogen and oxygen atoms in total. The minimum atomic E-state index is 0.628. The molecular formula is C19H26N5S+. The maximum atomic E-state index is 5.07. The number of anilines is 1. The van der Waals surface area contributed by atoms with Crippen LogP contribution in [0.5, 0.6) is 0 Å². The summed E-state index contributed by atoms with van der Waals surface area (Å²) in [6.45, 7) is 6.37. The van der Waals surface area contributed by atoms with Gasteiger partial charge in [-0.15, -0.1) is 11.3 Å². The van der Waals surface area contributed by atoms with Crippen LogP contribution in [0, 0.1) is 5.92 Å². The van der Waals surface area contributed by atoms with Crippen LogP contribution < -0.4 is 11.1 Å². The van der Waals surface area contributed by atoms with Crippen molar-refractivity contribution < 1.29 is 5.73 Å². The van der Waals surface area contributed by atoms with Gasteiger partial charge in [-0.1, -0.05) is 13.8 Å². The van der Waals surface area contributed by atoms with E-state index in [2.05, 4.69) is 34.9 Å². The zero-order valence-electron chi connectivity index (χ0n) is 15.1. The van der Waals surface area contributed by atoms with E-state index < -0.39 is 0 Å². The Labute approximate surface area is 152 Å². The predicted molar refractivity (Wildman–Crippen MR) is 104 cm³/mol. The van der Waals surface area contributed by atoms with Crippen molar-refractivity contribution in [3.8, 4) is 0 Å². The highest BCUT2D eigenvalue weighted by molar-refractivity contribution is 7.26. The topological polar surface area (TPSA) is 78.3 Å². The standard InChI is InChI=1S/C19H25N5S/c1-11(2)9-14-12-5-3-6-13(12)15-16-17(25-19(15)24-14)18(23-10-22-16)21-8-4-7-20/h10-11H,3-9,20H2,1-2H3,(H,21,22,23)/p+1. The minimum Gasteiger partial charge on any atom is -0.369 e. The second-order valence-corrected chi connectivity index (χ2v) is 8.28. The molecule has 0 saturated carbocycles. The van der Waals surface area contributed by atoms with E-state index in [9.17, 15) is 0 Å². The third-order valence-electron chi connectivity index (χ3n) is 4.88. The molecule has 0 amide bonds. The van der Waals surface area contributed by atoms with Crippen LogP contribution in [0.25, 0.3) is 20.4 Å². The van der Waals surface area contributed by atoms with Crippen LogP contribution in [-0.4, -0.2) is 28.0 Å². The Morgan fingerprint density at radius 1 is 1.24 bits per heavy atom. The average Bonchev–Trinajstić information content (AvgIpc) is 3.18. The number of nitrogens with one attached hydrogen (secondary N) is 1. The number of aromatic nitrogens is 3. The van der Waals surface area contributed by atoms with Crippen LogP contribution in [0.4, 0.5) is 5.82 Å². The molecule has 3 heterocycles. The summed E-state index contributed by atoms with van der Waals surface area (Å²) in [5, 5.41) is 4.74. The molecule has 132 valence electrons. The number of quaternary nitrogens is 1. The lowest BCUT2D eigenvalue weighted by molar-refractivity contribution is -0.367. The molecule has 0 spiro atoms. The lowest BCUT2D eigenvalue weighted by atomic mass is 9.99. The predicted octanol–water partition coefficient (Wildman–Crippen LogP) is 2.97. The van der Waals surface area contributed by atoms with E-state index in [1.165, 1.54) is 28.6 Å². The van der Waals surface area contributed by atoms with Gasteiger partial charge in [-0.3, -0.25) is 0 Å². The number of nitrogens with zero attached hydrogens (tertiary/aromatic N) is 3. The maximum absolute atomic E-state index is 5.07. The first-order valence-corrected chi connectivity index (χ1v) is 10.1. The van der Waals surface area contributed by atoms with Crippen LogP contribution in [0.1, 0.15) is 43.5 Å². The van der Waals surface area contributed by atoms with E-state index in [-0.39, 0.29) is 0 Å². The van der Waals surface area contributed by atoms with E-state index in [1.54, 1.807) is 17.7 Å². The van der Waals surface area contributed by atoms with Crippen molar-refractivity contribution >= 4 is 37.6 Å². The summed E-state index contributed by atoms with van der Waals surface area (Å²) in [4.78, 5) is 15.3. The van der Waals surface area contributed by atoms with Crippen LogP contribution in [0.3, 0.4) is 0 Å². The first-order valence-electron chi connectivity index (χ1n) is 9.30. The Balaban J connectivity index is 1.89. The summed E-state index contributed by atoms with van der Waals surface area (Å²) in [7, 11) is 0. The van der Waals surface area contributed by atoms with Gasteiger partial charge in [-0.25, -0.2) is 15.0 Å². The third kappa shape index (κ3) is 2.98. The van der Waals surface area contributed by atoms with Crippen molar-refractivity contribution in [3.63, 3.8) is 0 Å². The molecular weight excluding hydrogens is 330 g/mol. The Morgan fingerprint density at radius 3 is 2.88 bits per heavy atom. The molecule has 0 fully saturated rings. The zero-order valence-corrected chi connectivity index (χ0v) is 15.9. The summed E-state index contributed by atoms with van der Waals surface area (Å²) >= 11 is 1.74. The Morgan fingerprint density at radius 2 is 2.08 bits per heavy atom. The largest absolute Gasteiger partial charge is 0.369 e. The molecule has 0 saturated heterocycles. The van der Waals surface area contributed by atoms with Crippen molar-refractivity contribution in [2.45, 2.75) is 46.0 Å². The van der Waals surface area contributed by atoms with Crippen molar-refractivity contribution in [1.29, 1.82) is 0 Å². The molecule has 4 rings (SSSR count). The van der Waals surface area contributed by atoms with E-state index in [1.807, 2.05) is 0 Å². The SMILES string of the molecule is CC(C)Cc1nc2sc3c(NCCC[NH3+])ncnc3c2c2c1CCC2. The molecule has 0 aromatic carbocycles. The second kappa shape index (κ2) is 6.84. The lowest BCUT2D eigenvalue weighted by Gasteiger charge is -2.11. The fraction of sp³-hybridized carbons (Fsp3) is 0.526. The van der Waals surface area contributed by atoms with Crippen molar-refractivity contribution in [3.05, 3.63) is 23.1 Å². The van der Waals surface area contributed by atoms with Gasteiger partial charge in [0.15, 0.2) is 0 Å². The quantitative estimate of drug-likeness (QED) is 0.666. The normalized spacial score (nSPS) is 13.9. The molecule has 3 aromatic rings. The van der Waals surface area contributed by atoms with Crippen LogP contribution in [0.15, 0.2) is 6.33 Å². The number of hydrogen-bond acceptors (Lipinski definition) is 5. The highest BCUT2D eigenvalue weighted by atomic mass is 32.1. The Bertz CT molecular complexity index is 915. The van der Waals surface area contributed by atoms with Crippen molar-refractivity contribution in [2.75, 3.05) is 18.4 Å². The average molecular weight is 357 g/mol. The fourth-order valence-corrected chi connectivity index (χ4v) is 4.93. The third-order valence-corrected chi connectivity index (χ3v) is 5.96. The van der Waals surface area contributed by atoms with E-state index in [0.717, 1.165) is 59.6 Å². The molecule has 0 bridgehead atoms. The number of fused-ring (bicyclic) bond motifs is 5. The zero-order chi connectivity index (χ0) is 17.4. The number of aryl methyl sites for hydroxylation is 1. The molecule has 0 aliphatic heterocycles. The molecule has 1 aliphatic carbocycles. The molecule has 0 radical (unpaired) electrons. The number of thiophene rings is 1. The number of rotatable bonds is 6. The first kappa shape index (κ1) is 16.7. The van der Waals surface area contributed by atoms with Gasteiger partial charge in [0.1, 0.15) is 17.0 Å². The van der Waals surface area contributed by atoms with Crippen LogP contribution in [-0.2, 0) is 19.3 Å². The van der Waals surface area contributed by atoms with Crippen LogP contribution in [0.2, 0.25) is 0 Å². The molecule has 0 unspecified atom stereocenters. The van der Waals surface area contributed by atoms with Crippen LogP contribution >= 0.6 is 11.3 Å². The smallest absolute Gasteiger partial charge is 0.147 e. The van der Waals surface area contributed by atoms with Gasteiger partial charge in [-0.05, 0) is 42.7 Å². The maximum Gasteiger partial charge on any atom is 0.147 e. The van der Waals surface area contributed by atoms with Gasteiger partial charge in [-0.2, -0.15) is 0 Å². The molecule has 25 heavy (non-hydrogen) atoms. The summed E-state index contributed by atoms with van der Waals surface area (Å²) in [5.74, 6) is 1.57. The van der Waals surface area contributed by atoms with E-state index in [0.29, 0.717) is 5.92 Å². The molecule has 0 atom stereocenters. The van der Waals surface area contributed by atoms with Gasteiger partial charge < -0.3 is 11.1 Å². The molecule has 1 aliphatic rings.